The van der Waals surface area contributed by atoms with Gasteiger partial charge in [-0.3, -0.25) is 0 Å². The summed E-state index contributed by atoms with van der Waals surface area (Å²) in [6.07, 6.45) is -2.92. The Hall–Kier alpha value is -1.18. The molecule has 0 aliphatic carbocycles. The number of rotatable bonds is 3. The van der Waals surface area contributed by atoms with E-state index in [2.05, 4.69) is 5.16 Å². The van der Waals surface area contributed by atoms with Crippen molar-refractivity contribution < 1.29 is 14.0 Å². The predicted octanol–water partition coefficient (Wildman–Crippen LogP) is 2.02. The maximum absolute atomic E-state index is 12.1. The van der Waals surface area contributed by atoms with Gasteiger partial charge in [-0.1, -0.05) is 19.0 Å². The van der Waals surface area contributed by atoms with Crippen LogP contribution in [0.4, 0.5) is 8.78 Å². The summed E-state index contributed by atoms with van der Waals surface area (Å²) in [5, 5.41) is 19.0. The normalized spacial score (nSPS) is 13.2. The van der Waals surface area contributed by atoms with Crippen LogP contribution in [0.1, 0.15) is 20.3 Å². The van der Waals surface area contributed by atoms with E-state index in [0.717, 1.165) is 0 Å². The van der Waals surface area contributed by atoms with Gasteiger partial charge < -0.3 is 5.21 Å². The molecule has 1 N–H and O–H groups in total. The molecule has 0 unspecified atom stereocenters. The molecule has 0 aliphatic heterocycles. The highest BCUT2D eigenvalue weighted by Crippen LogP contribution is 2.25. The Morgan fingerprint density at radius 2 is 2.17 bits per heavy atom. The van der Waals surface area contributed by atoms with Gasteiger partial charge in [0.15, 0.2) is 0 Å². The van der Waals surface area contributed by atoms with Crippen molar-refractivity contribution in [3.8, 4) is 6.07 Å². The second-order valence-corrected chi connectivity index (χ2v) is 3.00. The highest BCUT2D eigenvalue weighted by atomic mass is 19.3. The zero-order valence-electron chi connectivity index (χ0n) is 6.88. The smallest absolute Gasteiger partial charge is 0.280 e. The first-order valence-electron chi connectivity index (χ1n) is 3.33. The molecule has 0 bridgehead atoms. The van der Waals surface area contributed by atoms with Gasteiger partial charge in [0.05, 0.1) is 6.07 Å². The molecule has 5 heteroatoms. The number of nitriles is 1. The number of halogens is 2. The second kappa shape index (κ2) is 4.00. The Morgan fingerprint density at radius 3 is 2.42 bits per heavy atom. The van der Waals surface area contributed by atoms with Crippen molar-refractivity contribution in [1.82, 2.24) is 0 Å². The lowest BCUT2D eigenvalue weighted by molar-refractivity contribution is 0.196. The SMILES string of the molecule is CC(C)(CC#N)C(=NO)C(F)F. The third kappa shape index (κ3) is 2.46. The molecule has 0 aromatic heterocycles. The van der Waals surface area contributed by atoms with Crippen LogP contribution in [-0.2, 0) is 0 Å². The summed E-state index contributed by atoms with van der Waals surface area (Å²) in [6.45, 7) is 2.86. The average molecular weight is 176 g/mol. The molecular weight excluding hydrogens is 166 g/mol. The zero-order valence-corrected chi connectivity index (χ0v) is 6.88. The number of hydrogen-bond acceptors (Lipinski definition) is 3. The van der Waals surface area contributed by atoms with Crippen LogP contribution in [0.25, 0.3) is 0 Å². The Labute approximate surface area is 69.3 Å². The van der Waals surface area contributed by atoms with Crippen LogP contribution in [-0.4, -0.2) is 17.3 Å². The molecule has 0 aliphatic rings. The molecule has 3 nitrogen and oxygen atoms in total. The minimum absolute atomic E-state index is 0.100. The van der Waals surface area contributed by atoms with Crippen LogP contribution in [0, 0.1) is 16.7 Å². The van der Waals surface area contributed by atoms with E-state index < -0.39 is 17.6 Å². The molecule has 0 amide bonds. The minimum Gasteiger partial charge on any atom is -0.411 e. The highest BCUT2D eigenvalue weighted by Gasteiger charge is 2.32. The second-order valence-electron chi connectivity index (χ2n) is 3.00. The molecule has 0 saturated carbocycles. The van der Waals surface area contributed by atoms with Gasteiger partial charge in [-0.25, -0.2) is 8.78 Å². The van der Waals surface area contributed by atoms with Crippen LogP contribution in [0.3, 0.4) is 0 Å². The molecule has 0 aromatic carbocycles. The van der Waals surface area contributed by atoms with E-state index in [-0.39, 0.29) is 6.42 Å². The minimum atomic E-state index is -2.82. The van der Waals surface area contributed by atoms with Gasteiger partial charge in [-0.2, -0.15) is 5.26 Å². The maximum Gasteiger partial charge on any atom is 0.280 e. The number of hydrogen-bond donors (Lipinski definition) is 1. The van der Waals surface area contributed by atoms with Crippen LogP contribution in [0.15, 0.2) is 5.16 Å². The molecule has 0 aromatic rings. The van der Waals surface area contributed by atoms with Crippen LogP contribution < -0.4 is 0 Å². The Kier molecular flexibility index (Phi) is 3.61. The van der Waals surface area contributed by atoms with Gasteiger partial charge in [-0.05, 0) is 0 Å². The average Bonchev–Trinajstić information content (AvgIpc) is 1.86. The van der Waals surface area contributed by atoms with Gasteiger partial charge in [0.2, 0.25) is 0 Å². The summed E-state index contributed by atoms with van der Waals surface area (Å²) in [5.41, 5.74) is -1.72. The summed E-state index contributed by atoms with van der Waals surface area (Å²) < 4.78 is 24.2. The summed E-state index contributed by atoms with van der Waals surface area (Å²) in [6, 6.07) is 1.75. The largest absolute Gasteiger partial charge is 0.411 e. The van der Waals surface area contributed by atoms with E-state index in [1.54, 1.807) is 6.07 Å². The quantitative estimate of drug-likeness (QED) is 0.406. The van der Waals surface area contributed by atoms with Crippen molar-refractivity contribution >= 4 is 5.71 Å². The lowest BCUT2D eigenvalue weighted by Crippen LogP contribution is -2.30. The Bertz CT molecular complexity index is 218. The third-order valence-corrected chi connectivity index (χ3v) is 1.53. The fourth-order valence-electron chi connectivity index (χ4n) is 0.763. The molecule has 0 saturated heterocycles. The predicted molar refractivity (Wildman–Crippen MR) is 39.2 cm³/mol. The van der Waals surface area contributed by atoms with Crippen molar-refractivity contribution in [2.75, 3.05) is 0 Å². The van der Waals surface area contributed by atoms with E-state index in [1.165, 1.54) is 13.8 Å². The zero-order chi connectivity index (χ0) is 9.78. The first-order chi connectivity index (χ1) is 5.45. The fourth-order valence-corrected chi connectivity index (χ4v) is 0.763. The molecule has 0 rings (SSSR count). The molecule has 12 heavy (non-hydrogen) atoms. The Morgan fingerprint density at radius 1 is 1.67 bits per heavy atom. The van der Waals surface area contributed by atoms with Crippen LogP contribution in [0.2, 0.25) is 0 Å². The van der Waals surface area contributed by atoms with Crippen molar-refractivity contribution in [1.29, 1.82) is 5.26 Å². The topological polar surface area (TPSA) is 56.4 Å². The standard InChI is InChI=1S/C7H10F2N2O/c1-7(2,3-4-10)5(11-12)6(8)9/h6,12H,3H2,1-2H3. The monoisotopic (exact) mass is 176 g/mol. The summed E-state index contributed by atoms with van der Waals surface area (Å²) in [5.74, 6) is 0. The number of nitrogens with zero attached hydrogens (tertiary/aromatic N) is 2. The van der Waals surface area contributed by atoms with E-state index in [1.807, 2.05) is 0 Å². The third-order valence-electron chi connectivity index (χ3n) is 1.53. The fraction of sp³-hybridized carbons (Fsp3) is 0.714. The molecule has 68 valence electrons. The lowest BCUT2D eigenvalue weighted by atomic mass is 9.84. The van der Waals surface area contributed by atoms with Crippen molar-refractivity contribution in [2.24, 2.45) is 10.6 Å². The first kappa shape index (κ1) is 10.8. The number of oxime groups is 1. The van der Waals surface area contributed by atoms with Crippen molar-refractivity contribution in [3.63, 3.8) is 0 Å². The number of alkyl halides is 2. The van der Waals surface area contributed by atoms with Gasteiger partial charge in [0.1, 0.15) is 5.71 Å². The Balaban J connectivity index is 4.64. The molecular formula is C7H10F2N2O. The molecule has 0 radical (unpaired) electrons. The van der Waals surface area contributed by atoms with Gasteiger partial charge in [0, 0.05) is 11.8 Å². The van der Waals surface area contributed by atoms with Crippen molar-refractivity contribution in [3.05, 3.63) is 0 Å². The van der Waals surface area contributed by atoms with Gasteiger partial charge in [-0.15, -0.1) is 0 Å². The maximum atomic E-state index is 12.1. The van der Waals surface area contributed by atoms with Gasteiger partial charge in [0.25, 0.3) is 6.43 Å². The summed E-state index contributed by atoms with van der Waals surface area (Å²) in [7, 11) is 0. The van der Waals surface area contributed by atoms with E-state index >= 15 is 0 Å². The van der Waals surface area contributed by atoms with Crippen LogP contribution >= 0.6 is 0 Å². The van der Waals surface area contributed by atoms with Crippen LogP contribution in [0.5, 0.6) is 0 Å². The molecule has 0 heterocycles. The van der Waals surface area contributed by atoms with Gasteiger partial charge >= 0.3 is 0 Å². The highest BCUT2D eigenvalue weighted by molar-refractivity contribution is 5.92. The summed E-state index contributed by atoms with van der Waals surface area (Å²) >= 11 is 0. The molecule has 0 fully saturated rings. The van der Waals surface area contributed by atoms with E-state index in [9.17, 15) is 8.78 Å². The molecule has 0 spiro atoms. The van der Waals surface area contributed by atoms with Crippen molar-refractivity contribution in [2.45, 2.75) is 26.7 Å². The first-order valence-corrected chi connectivity index (χ1v) is 3.33. The van der Waals surface area contributed by atoms with E-state index in [0.29, 0.717) is 0 Å². The van der Waals surface area contributed by atoms with E-state index in [4.69, 9.17) is 10.5 Å². The summed E-state index contributed by atoms with van der Waals surface area (Å²) in [4.78, 5) is 0. The lowest BCUT2D eigenvalue weighted by Gasteiger charge is -2.21. The molecule has 0 atom stereocenters.